The molecule has 5 atom stereocenters. The van der Waals surface area contributed by atoms with Gasteiger partial charge in [0.2, 0.25) is 0 Å². The largest absolute Gasteiger partial charge is 0.472 e. The fourth-order valence-electron chi connectivity index (χ4n) is 10.5. The number of ether oxygens (including phenoxy) is 4. The van der Waals surface area contributed by atoms with E-state index in [0.717, 1.165) is 114 Å². The van der Waals surface area contributed by atoms with Crippen LogP contribution in [0.25, 0.3) is 0 Å². The summed E-state index contributed by atoms with van der Waals surface area (Å²) in [5.74, 6) is 0.184. The molecule has 0 aromatic rings. The number of hydrogen-bond donors (Lipinski definition) is 3. The minimum Gasteiger partial charge on any atom is -0.462 e. The molecule has 528 valence electrons. The second kappa shape index (κ2) is 61.0. The predicted octanol–water partition coefficient (Wildman–Crippen LogP) is 19.8. The molecule has 19 heteroatoms. The third-order valence-electron chi connectivity index (χ3n) is 16.1. The van der Waals surface area contributed by atoms with Gasteiger partial charge in [0, 0.05) is 25.7 Å². The van der Waals surface area contributed by atoms with Crippen LogP contribution in [-0.4, -0.2) is 96.7 Å². The number of phosphoric acid groups is 2. The number of unbranched alkanes of at least 4 members (excludes halogenated alkanes) is 36. The topological polar surface area (TPSA) is 237 Å². The van der Waals surface area contributed by atoms with Crippen molar-refractivity contribution in [1.29, 1.82) is 0 Å². The number of esters is 4. The number of hydrogen-bond acceptors (Lipinski definition) is 15. The van der Waals surface area contributed by atoms with E-state index in [4.69, 9.17) is 37.0 Å². The Labute approximate surface area is 543 Å². The van der Waals surface area contributed by atoms with Gasteiger partial charge in [-0.15, -0.1) is 0 Å². The van der Waals surface area contributed by atoms with E-state index >= 15 is 0 Å². The van der Waals surface area contributed by atoms with Crippen molar-refractivity contribution in [3.63, 3.8) is 0 Å². The number of carbonyl (C=O) groups is 4. The Morgan fingerprint density at radius 2 is 0.517 bits per heavy atom. The van der Waals surface area contributed by atoms with Gasteiger partial charge < -0.3 is 33.8 Å². The van der Waals surface area contributed by atoms with Crippen LogP contribution in [0, 0.1) is 17.8 Å². The third-order valence-corrected chi connectivity index (χ3v) is 18.0. The van der Waals surface area contributed by atoms with E-state index in [-0.39, 0.29) is 25.7 Å². The van der Waals surface area contributed by atoms with Crippen LogP contribution in [-0.2, 0) is 65.4 Å². The zero-order valence-corrected chi connectivity index (χ0v) is 59.7. The molecule has 0 saturated carbocycles. The molecule has 2 unspecified atom stereocenters. The number of rotatable bonds is 68. The molecular weight excluding hydrogens is 1170 g/mol. The number of carbonyl (C=O) groups excluding carboxylic acids is 4. The van der Waals surface area contributed by atoms with Crippen molar-refractivity contribution < 1.29 is 80.2 Å². The summed E-state index contributed by atoms with van der Waals surface area (Å²) in [4.78, 5) is 72.3. The average Bonchev–Trinajstić information content (AvgIpc) is 3.70. The Morgan fingerprint density at radius 3 is 0.764 bits per heavy atom. The zero-order valence-electron chi connectivity index (χ0n) is 57.9. The first-order valence-corrected chi connectivity index (χ1v) is 39.3. The second-order valence-corrected chi connectivity index (χ2v) is 29.6. The van der Waals surface area contributed by atoms with Gasteiger partial charge >= 0.3 is 39.5 Å². The number of phosphoric ester groups is 2. The molecule has 0 aliphatic carbocycles. The molecule has 0 rings (SSSR count). The van der Waals surface area contributed by atoms with Gasteiger partial charge in [-0.3, -0.25) is 37.3 Å². The van der Waals surface area contributed by atoms with Crippen molar-refractivity contribution in [2.75, 3.05) is 39.6 Å². The summed E-state index contributed by atoms with van der Waals surface area (Å²) in [6, 6.07) is 0. The Hall–Kier alpha value is -1.94. The highest BCUT2D eigenvalue weighted by Gasteiger charge is 2.30. The first-order chi connectivity index (χ1) is 42.7. The van der Waals surface area contributed by atoms with Gasteiger partial charge in [0.05, 0.1) is 26.4 Å². The Morgan fingerprint density at radius 1 is 0.303 bits per heavy atom. The van der Waals surface area contributed by atoms with E-state index in [1.54, 1.807) is 0 Å². The summed E-state index contributed by atoms with van der Waals surface area (Å²) in [5, 5.41) is 10.6. The van der Waals surface area contributed by atoms with Crippen molar-refractivity contribution in [1.82, 2.24) is 0 Å². The first kappa shape index (κ1) is 87.1. The van der Waals surface area contributed by atoms with E-state index in [1.165, 1.54) is 154 Å². The fraction of sp³-hybridized carbons (Fsp3) is 0.943. The van der Waals surface area contributed by atoms with Crippen LogP contribution in [0.5, 0.6) is 0 Å². The van der Waals surface area contributed by atoms with Gasteiger partial charge in [-0.1, -0.05) is 299 Å². The molecule has 89 heavy (non-hydrogen) atoms. The summed E-state index contributed by atoms with van der Waals surface area (Å²) < 4.78 is 68.1. The molecule has 0 aromatic heterocycles. The Kier molecular flexibility index (Phi) is 59.6. The lowest BCUT2D eigenvalue weighted by Crippen LogP contribution is -2.30. The maximum atomic E-state index is 13.0. The van der Waals surface area contributed by atoms with Crippen LogP contribution < -0.4 is 0 Å². The van der Waals surface area contributed by atoms with Gasteiger partial charge in [-0.05, 0) is 43.4 Å². The van der Waals surface area contributed by atoms with E-state index in [1.807, 2.05) is 0 Å². The molecule has 0 bridgehead atoms. The molecule has 17 nitrogen and oxygen atoms in total. The van der Waals surface area contributed by atoms with E-state index in [0.29, 0.717) is 25.7 Å². The van der Waals surface area contributed by atoms with Gasteiger partial charge in [-0.2, -0.15) is 0 Å². The minimum atomic E-state index is -4.95. The summed E-state index contributed by atoms with van der Waals surface area (Å²) >= 11 is 0. The van der Waals surface area contributed by atoms with Gasteiger partial charge in [-0.25, -0.2) is 9.13 Å². The zero-order chi connectivity index (χ0) is 65.9. The van der Waals surface area contributed by atoms with Crippen LogP contribution in [0.4, 0.5) is 0 Å². The summed E-state index contributed by atoms with van der Waals surface area (Å²) in [5.41, 5.74) is 0. The highest BCUT2D eigenvalue weighted by atomic mass is 31.2. The van der Waals surface area contributed by atoms with Gasteiger partial charge in [0.1, 0.15) is 19.3 Å². The molecule has 0 radical (unpaired) electrons. The van der Waals surface area contributed by atoms with E-state index < -0.39 is 97.5 Å². The molecule has 0 aromatic carbocycles. The summed E-state index contributed by atoms with van der Waals surface area (Å²) in [7, 11) is -9.89. The highest BCUT2D eigenvalue weighted by Crippen LogP contribution is 2.45. The van der Waals surface area contributed by atoms with Crippen LogP contribution in [0.2, 0.25) is 0 Å². The lowest BCUT2D eigenvalue weighted by molar-refractivity contribution is -0.161. The van der Waals surface area contributed by atoms with E-state index in [2.05, 4.69) is 48.5 Å². The van der Waals surface area contributed by atoms with Crippen molar-refractivity contribution in [3.8, 4) is 0 Å². The third kappa shape index (κ3) is 64.6. The number of aliphatic hydroxyl groups excluding tert-OH is 1. The molecule has 0 saturated heterocycles. The monoisotopic (exact) mass is 1310 g/mol. The predicted molar refractivity (Wildman–Crippen MR) is 358 cm³/mol. The fourth-order valence-corrected chi connectivity index (χ4v) is 12.1. The first-order valence-electron chi connectivity index (χ1n) is 36.3. The van der Waals surface area contributed by atoms with Crippen LogP contribution in [0.1, 0.15) is 350 Å². The average molecular weight is 1310 g/mol. The molecule has 0 aliphatic heterocycles. The standard InChI is InChI=1S/C70H136O17P2/c1-8-9-10-34-44-51-67(72)80-57-65(86-69(74)54-47-40-33-27-21-20-24-30-37-43-50-63(6)7)59-84-88(76,77)82-55-64(71)56-83-89(78,79)85-60-66(58-81-68(73)52-45-38-31-25-18-15-14-17-23-29-36-42-49-62(4)5)87-70(75)53-46-39-32-26-19-13-11-12-16-22-28-35-41-48-61(2)3/h61-66,71H,8-60H2,1-7H3,(H,76,77)(H,78,79)/t64-,65+,66+/m0/s1. The molecule has 3 N–H and O–H groups in total. The maximum absolute atomic E-state index is 13.0. The number of aliphatic hydroxyl groups is 1. The second-order valence-electron chi connectivity index (χ2n) is 26.7. The van der Waals surface area contributed by atoms with Crippen molar-refractivity contribution in [3.05, 3.63) is 0 Å². The van der Waals surface area contributed by atoms with Crippen LogP contribution in [0.3, 0.4) is 0 Å². The van der Waals surface area contributed by atoms with Gasteiger partial charge in [0.25, 0.3) is 0 Å². The molecule has 0 spiro atoms. The Balaban J connectivity index is 5.17. The summed E-state index contributed by atoms with van der Waals surface area (Å²) in [6.07, 6.45) is 44.8. The van der Waals surface area contributed by atoms with Crippen molar-refractivity contribution >= 4 is 39.5 Å². The quantitative estimate of drug-likeness (QED) is 0.0222. The lowest BCUT2D eigenvalue weighted by Gasteiger charge is -2.21. The maximum Gasteiger partial charge on any atom is 0.472 e. The molecule has 0 aliphatic rings. The van der Waals surface area contributed by atoms with Gasteiger partial charge in [0.15, 0.2) is 12.2 Å². The normalized spacial score (nSPS) is 14.2. The lowest BCUT2D eigenvalue weighted by atomic mass is 10.0. The molecule has 0 heterocycles. The van der Waals surface area contributed by atoms with Crippen LogP contribution >= 0.6 is 15.6 Å². The highest BCUT2D eigenvalue weighted by molar-refractivity contribution is 7.47. The van der Waals surface area contributed by atoms with Crippen molar-refractivity contribution in [2.24, 2.45) is 17.8 Å². The molecular formula is C70H136O17P2. The van der Waals surface area contributed by atoms with Crippen LogP contribution in [0.15, 0.2) is 0 Å². The Bertz CT molecular complexity index is 1750. The smallest absolute Gasteiger partial charge is 0.462 e. The summed E-state index contributed by atoms with van der Waals surface area (Å²) in [6.45, 7) is 11.8. The SMILES string of the molecule is CCCCCCCC(=O)OC[C@H](COP(=O)(O)OC[C@H](O)COP(=O)(O)OC[C@@H](COC(=O)CCCCCCCCCCCCCCC(C)C)OC(=O)CCCCCCCCCCCCCCCC(C)C)OC(=O)CCCCCCCCCCCCC(C)C. The minimum absolute atomic E-state index is 0.105. The molecule has 0 fully saturated rings. The molecule has 0 amide bonds. The van der Waals surface area contributed by atoms with Crippen molar-refractivity contribution in [2.45, 2.75) is 369 Å². The van der Waals surface area contributed by atoms with E-state index in [9.17, 15) is 43.2 Å².